The van der Waals surface area contributed by atoms with Crippen molar-refractivity contribution >= 4 is 17.4 Å². The van der Waals surface area contributed by atoms with E-state index in [1.807, 2.05) is 18.2 Å². The first-order valence-electron chi connectivity index (χ1n) is 10.6. The van der Waals surface area contributed by atoms with Gasteiger partial charge in [0.2, 0.25) is 0 Å². The molecule has 34 heavy (non-hydrogen) atoms. The van der Waals surface area contributed by atoms with E-state index in [4.69, 9.17) is 14.2 Å². The molecule has 176 valence electrons. The highest BCUT2D eigenvalue weighted by Gasteiger charge is 2.29. The molecule has 2 aromatic carbocycles. The van der Waals surface area contributed by atoms with Crippen molar-refractivity contribution < 1.29 is 32.2 Å². The fraction of sp³-hybridized carbons (Fsp3) is 0.250. The lowest BCUT2D eigenvalue weighted by Crippen LogP contribution is -2.36. The number of anilines is 2. The molecular formula is C24H20F3N3O4. The van der Waals surface area contributed by atoms with Crippen molar-refractivity contribution in [3.63, 3.8) is 0 Å². The third-order valence-electron chi connectivity index (χ3n) is 5.46. The molecule has 2 aliphatic rings. The Bertz CT molecular complexity index is 1230. The number of ether oxygens (including phenoxy) is 3. The number of pyridine rings is 1. The largest absolute Gasteiger partial charge is 0.484 e. The van der Waals surface area contributed by atoms with Crippen molar-refractivity contribution in [2.24, 2.45) is 0 Å². The number of benzene rings is 2. The Morgan fingerprint density at radius 2 is 1.76 bits per heavy atom. The van der Waals surface area contributed by atoms with Gasteiger partial charge in [0.25, 0.3) is 5.91 Å². The van der Waals surface area contributed by atoms with E-state index in [9.17, 15) is 18.0 Å². The standard InChI is InChI=1S/C24H20F3N3O4/c25-24(26,27)14-33-17-2-4-21-19(13-17)29-23(31)18-11-15(1-3-20(18)34-21)16-5-6-28-22(12-16)30-7-9-32-10-8-30/h1-6,11-13H,7-10,14H2,(H,29,31). The summed E-state index contributed by atoms with van der Waals surface area (Å²) in [7, 11) is 0. The molecule has 1 fully saturated rings. The van der Waals surface area contributed by atoms with Crippen LogP contribution in [0.5, 0.6) is 17.2 Å². The zero-order valence-electron chi connectivity index (χ0n) is 17.9. The number of fused-ring (bicyclic) bond motifs is 2. The summed E-state index contributed by atoms with van der Waals surface area (Å²) in [4.78, 5) is 19.5. The van der Waals surface area contributed by atoms with Crippen LogP contribution in [-0.2, 0) is 4.74 Å². The number of morpholine rings is 1. The van der Waals surface area contributed by atoms with Crippen molar-refractivity contribution in [3.8, 4) is 28.4 Å². The van der Waals surface area contributed by atoms with E-state index in [1.54, 1.807) is 18.3 Å². The minimum Gasteiger partial charge on any atom is -0.484 e. The van der Waals surface area contributed by atoms with Crippen LogP contribution >= 0.6 is 0 Å². The first-order chi connectivity index (χ1) is 16.4. The fourth-order valence-corrected chi connectivity index (χ4v) is 3.80. The monoisotopic (exact) mass is 471 g/mol. The van der Waals surface area contributed by atoms with Gasteiger partial charge in [-0.15, -0.1) is 0 Å². The molecule has 0 aliphatic carbocycles. The lowest BCUT2D eigenvalue weighted by molar-refractivity contribution is -0.153. The molecule has 1 aromatic heterocycles. The summed E-state index contributed by atoms with van der Waals surface area (Å²) in [5, 5.41) is 2.70. The minimum absolute atomic E-state index is 0.0287. The number of rotatable bonds is 4. The Balaban J connectivity index is 1.40. The summed E-state index contributed by atoms with van der Waals surface area (Å²) in [5.74, 6) is 1.00. The lowest BCUT2D eigenvalue weighted by atomic mass is 10.0. The highest BCUT2D eigenvalue weighted by atomic mass is 19.4. The second-order valence-electron chi connectivity index (χ2n) is 7.83. The average molecular weight is 471 g/mol. The molecule has 0 atom stereocenters. The van der Waals surface area contributed by atoms with Crippen LogP contribution in [0.2, 0.25) is 0 Å². The Morgan fingerprint density at radius 1 is 1.00 bits per heavy atom. The van der Waals surface area contributed by atoms with E-state index >= 15 is 0 Å². The summed E-state index contributed by atoms with van der Waals surface area (Å²) >= 11 is 0. The molecule has 5 rings (SSSR count). The maximum absolute atomic E-state index is 12.9. The van der Waals surface area contributed by atoms with E-state index < -0.39 is 18.7 Å². The Labute approximate surface area is 193 Å². The molecule has 0 saturated carbocycles. The summed E-state index contributed by atoms with van der Waals surface area (Å²) < 4.78 is 53.5. The summed E-state index contributed by atoms with van der Waals surface area (Å²) in [6, 6.07) is 13.2. The molecule has 1 amide bonds. The van der Waals surface area contributed by atoms with Crippen molar-refractivity contribution in [2.75, 3.05) is 43.1 Å². The lowest BCUT2D eigenvalue weighted by Gasteiger charge is -2.28. The van der Waals surface area contributed by atoms with Gasteiger partial charge in [-0.3, -0.25) is 4.79 Å². The normalized spacial score (nSPS) is 15.5. The van der Waals surface area contributed by atoms with E-state index in [2.05, 4.69) is 15.2 Å². The molecule has 1 saturated heterocycles. The number of hydrogen-bond acceptors (Lipinski definition) is 6. The summed E-state index contributed by atoms with van der Waals surface area (Å²) in [5.41, 5.74) is 2.21. The molecule has 0 radical (unpaired) electrons. The number of alkyl halides is 3. The smallest absolute Gasteiger partial charge is 0.422 e. The average Bonchev–Trinajstić information content (AvgIpc) is 2.98. The quantitative estimate of drug-likeness (QED) is 0.585. The highest BCUT2D eigenvalue weighted by Crippen LogP contribution is 2.39. The zero-order chi connectivity index (χ0) is 23.7. The number of halogens is 3. The van der Waals surface area contributed by atoms with Gasteiger partial charge in [-0.05, 0) is 47.5 Å². The van der Waals surface area contributed by atoms with Gasteiger partial charge in [0, 0.05) is 25.4 Å². The SMILES string of the molecule is O=C1Nc2cc(OCC(F)(F)F)ccc2Oc2ccc(-c3ccnc(N4CCOCC4)c3)cc21. The third kappa shape index (κ3) is 4.76. The molecule has 10 heteroatoms. The third-order valence-corrected chi connectivity index (χ3v) is 5.46. The van der Waals surface area contributed by atoms with Crippen LogP contribution in [0.1, 0.15) is 10.4 Å². The number of aromatic nitrogens is 1. The van der Waals surface area contributed by atoms with Crippen LogP contribution in [0, 0.1) is 0 Å². The molecule has 1 N–H and O–H groups in total. The predicted molar refractivity (Wildman–Crippen MR) is 119 cm³/mol. The molecule has 3 aromatic rings. The number of carbonyl (C=O) groups is 1. The van der Waals surface area contributed by atoms with Gasteiger partial charge in [0.1, 0.15) is 17.3 Å². The number of nitrogens with one attached hydrogen (secondary N) is 1. The van der Waals surface area contributed by atoms with Gasteiger partial charge < -0.3 is 24.4 Å². The molecular weight excluding hydrogens is 451 g/mol. The first kappa shape index (κ1) is 22.0. The van der Waals surface area contributed by atoms with E-state index in [0.717, 1.165) is 30.0 Å². The van der Waals surface area contributed by atoms with Crippen molar-refractivity contribution in [1.29, 1.82) is 0 Å². The van der Waals surface area contributed by atoms with Gasteiger partial charge in [-0.1, -0.05) is 6.07 Å². The van der Waals surface area contributed by atoms with Crippen LogP contribution < -0.4 is 19.7 Å². The van der Waals surface area contributed by atoms with Gasteiger partial charge in [0.05, 0.1) is 24.5 Å². The first-order valence-corrected chi connectivity index (χ1v) is 10.6. The second-order valence-corrected chi connectivity index (χ2v) is 7.83. The Hall–Kier alpha value is -3.79. The molecule has 3 heterocycles. The van der Waals surface area contributed by atoms with Crippen molar-refractivity contribution in [2.45, 2.75) is 6.18 Å². The van der Waals surface area contributed by atoms with Gasteiger partial charge in [-0.25, -0.2) is 4.98 Å². The fourth-order valence-electron chi connectivity index (χ4n) is 3.80. The topological polar surface area (TPSA) is 72.9 Å². The predicted octanol–water partition coefficient (Wildman–Crippen LogP) is 4.88. The molecule has 0 bridgehead atoms. The van der Waals surface area contributed by atoms with Crippen molar-refractivity contribution in [1.82, 2.24) is 4.98 Å². The molecule has 2 aliphatic heterocycles. The summed E-state index contributed by atoms with van der Waals surface area (Å²) in [6.07, 6.45) is -2.74. The van der Waals surface area contributed by atoms with E-state index in [1.165, 1.54) is 18.2 Å². The maximum Gasteiger partial charge on any atom is 0.422 e. The van der Waals surface area contributed by atoms with Crippen LogP contribution in [0.25, 0.3) is 11.1 Å². The minimum atomic E-state index is -4.46. The van der Waals surface area contributed by atoms with E-state index in [-0.39, 0.29) is 11.4 Å². The van der Waals surface area contributed by atoms with Gasteiger partial charge >= 0.3 is 6.18 Å². The Morgan fingerprint density at radius 3 is 2.56 bits per heavy atom. The Kier molecular flexibility index (Phi) is 5.74. The van der Waals surface area contributed by atoms with Gasteiger partial charge in [0.15, 0.2) is 12.4 Å². The van der Waals surface area contributed by atoms with Crippen LogP contribution in [0.3, 0.4) is 0 Å². The summed E-state index contributed by atoms with van der Waals surface area (Å²) in [6.45, 7) is 1.37. The maximum atomic E-state index is 12.9. The molecule has 7 nitrogen and oxygen atoms in total. The number of amides is 1. The van der Waals surface area contributed by atoms with E-state index in [0.29, 0.717) is 30.3 Å². The van der Waals surface area contributed by atoms with Gasteiger partial charge in [-0.2, -0.15) is 13.2 Å². The van der Waals surface area contributed by atoms with Crippen LogP contribution in [0.15, 0.2) is 54.7 Å². The molecule has 0 unspecified atom stereocenters. The number of nitrogens with zero attached hydrogens (tertiary/aromatic N) is 2. The zero-order valence-corrected chi connectivity index (χ0v) is 17.9. The van der Waals surface area contributed by atoms with Crippen LogP contribution in [-0.4, -0.2) is 50.0 Å². The number of carbonyl (C=O) groups excluding carboxylic acids is 1. The second kappa shape index (κ2) is 8.86. The van der Waals surface area contributed by atoms with Crippen molar-refractivity contribution in [3.05, 3.63) is 60.3 Å². The van der Waals surface area contributed by atoms with Crippen LogP contribution in [0.4, 0.5) is 24.7 Å². The highest BCUT2D eigenvalue weighted by molar-refractivity contribution is 6.08. The molecule has 0 spiro atoms. The number of hydrogen-bond donors (Lipinski definition) is 1.